The van der Waals surface area contributed by atoms with E-state index in [0.29, 0.717) is 22.9 Å². The van der Waals surface area contributed by atoms with Gasteiger partial charge in [-0.05, 0) is 73.0 Å². The average Bonchev–Trinajstić information content (AvgIpc) is 3.83. The number of hydrogen-bond acceptors (Lipinski definition) is 5. The monoisotopic (exact) mass is 695 g/mol. The lowest BCUT2D eigenvalue weighted by Crippen LogP contribution is -2.21. The lowest BCUT2D eigenvalue weighted by atomic mass is 9.99. The maximum atomic E-state index is 13.5. The SMILES string of the molecule is CCCCNc1ccc(NC(=O)Nc2c[nH]c(-c3ccccc3)c2)c(-c2cc(NC(=O)Nc3cncn3-c3ccccc3)ccc2NCCCC)c1. The maximum absolute atomic E-state index is 13.5. The van der Waals surface area contributed by atoms with Gasteiger partial charge in [0.2, 0.25) is 0 Å². The maximum Gasteiger partial charge on any atom is 0.324 e. The number of benzene rings is 4. The van der Waals surface area contributed by atoms with E-state index >= 15 is 0 Å². The van der Waals surface area contributed by atoms with Gasteiger partial charge in [0, 0.05) is 58.9 Å². The van der Waals surface area contributed by atoms with Crippen molar-refractivity contribution in [3.63, 3.8) is 0 Å². The molecule has 2 heterocycles. The number of rotatable bonds is 15. The molecule has 4 aromatic carbocycles. The van der Waals surface area contributed by atoms with Gasteiger partial charge in [-0.15, -0.1) is 0 Å². The van der Waals surface area contributed by atoms with Crippen molar-refractivity contribution >= 4 is 46.3 Å². The fourth-order valence-corrected chi connectivity index (χ4v) is 5.79. The second-order valence-corrected chi connectivity index (χ2v) is 12.4. The standard InChI is InChI=1S/C41H45N9O2/c1-3-5-21-43-30-17-20-37(48-40(51)47-32-25-38(45-26-32)29-13-9-7-10-14-29)35(23-30)34-24-31(18-19-36(34)44-22-6-4-2)46-41(52)49-39-27-42-28-50(39)33-15-11-8-12-16-33/h7-20,23-28,43-45H,3-6,21-22H2,1-2H3,(H2,46,49,52)(H2,47,48,51). The van der Waals surface area contributed by atoms with E-state index in [9.17, 15) is 9.59 Å². The number of carbonyl (C=O) groups is 2. The van der Waals surface area contributed by atoms with Gasteiger partial charge in [-0.1, -0.05) is 75.2 Å². The molecule has 4 amide bonds. The second kappa shape index (κ2) is 17.4. The minimum Gasteiger partial charge on any atom is -0.385 e. The summed E-state index contributed by atoms with van der Waals surface area (Å²) in [6.07, 6.45) is 9.16. The van der Waals surface area contributed by atoms with Crippen molar-refractivity contribution in [2.24, 2.45) is 0 Å². The van der Waals surface area contributed by atoms with Crippen LogP contribution in [0.4, 0.5) is 43.8 Å². The molecule has 0 aliphatic heterocycles. The molecule has 0 bridgehead atoms. The van der Waals surface area contributed by atoms with Crippen LogP contribution in [0, 0.1) is 0 Å². The van der Waals surface area contributed by atoms with Gasteiger partial charge in [0.05, 0.1) is 17.6 Å². The van der Waals surface area contributed by atoms with Crippen molar-refractivity contribution < 1.29 is 9.59 Å². The van der Waals surface area contributed by atoms with Gasteiger partial charge in [0.15, 0.2) is 0 Å². The molecule has 0 spiro atoms. The Kier molecular flexibility index (Phi) is 11.9. The topological polar surface area (TPSA) is 140 Å². The summed E-state index contributed by atoms with van der Waals surface area (Å²) in [5, 5.41) is 19.0. The van der Waals surface area contributed by atoms with E-state index in [0.717, 1.165) is 78.2 Å². The van der Waals surface area contributed by atoms with E-state index in [1.165, 1.54) is 0 Å². The molecular weight excluding hydrogens is 651 g/mol. The van der Waals surface area contributed by atoms with Crippen LogP contribution in [-0.2, 0) is 0 Å². The Morgan fingerprint density at radius 3 is 2.06 bits per heavy atom. The van der Waals surface area contributed by atoms with Crippen molar-refractivity contribution in [1.29, 1.82) is 0 Å². The third kappa shape index (κ3) is 9.19. The first-order chi connectivity index (χ1) is 25.5. The van der Waals surface area contributed by atoms with E-state index < -0.39 is 6.03 Å². The van der Waals surface area contributed by atoms with E-state index in [2.05, 4.69) is 55.7 Å². The number of unbranched alkanes of at least 4 members (excludes halogenated alkanes) is 2. The fourth-order valence-electron chi connectivity index (χ4n) is 5.79. The first kappa shape index (κ1) is 35.3. The summed E-state index contributed by atoms with van der Waals surface area (Å²) in [6.45, 7) is 5.90. The highest BCUT2D eigenvalue weighted by molar-refractivity contribution is 6.05. The number of nitrogens with zero attached hydrogens (tertiary/aromatic N) is 2. The minimum atomic E-state index is -0.413. The predicted molar refractivity (Wildman–Crippen MR) is 214 cm³/mol. The molecular formula is C41H45N9O2. The van der Waals surface area contributed by atoms with Crippen molar-refractivity contribution in [2.45, 2.75) is 39.5 Å². The van der Waals surface area contributed by atoms with Gasteiger partial charge >= 0.3 is 12.1 Å². The van der Waals surface area contributed by atoms with Crippen LogP contribution in [0.5, 0.6) is 0 Å². The number of anilines is 6. The molecule has 0 saturated heterocycles. The summed E-state index contributed by atoms with van der Waals surface area (Å²) in [5.41, 5.74) is 8.08. The van der Waals surface area contributed by atoms with Crippen molar-refractivity contribution in [2.75, 3.05) is 45.0 Å². The number of aromatic nitrogens is 3. The van der Waals surface area contributed by atoms with Crippen molar-refractivity contribution in [3.8, 4) is 28.1 Å². The third-order valence-corrected chi connectivity index (χ3v) is 8.48. The second-order valence-electron chi connectivity index (χ2n) is 12.4. The molecule has 0 fully saturated rings. The number of para-hydroxylation sites is 1. The van der Waals surface area contributed by atoms with Gasteiger partial charge in [0.1, 0.15) is 12.1 Å². The Morgan fingerprint density at radius 1 is 0.654 bits per heavy atom. The van der Waals surface area contributed by atoms with Gasteiger partial charge in [-0.3, -0.25) is 9.88 Å². The number of urea groups is 2. The van der Waals surface area contributed by atoms with Crippen molar-refractivity contribution in [3.05, 3.63) is 122 Å². The molecule has 0 radical (unpaired) electrons. The van der Waals surface area contributed by atoms with Gasteiger partial charge < -0.3 is 31.6 Å². The van der Waals surface area contributed by atoms with Crippen LogP contribution in [0.1, 0.15) is 39.5 Å². The van der Waals surface area contributed by atoms with E-state index in [4.69, 9.17) is 0 Å². The highest BCUT2D eigenvalue weighted by Crippen LogP contribution is 2.38. The Balaban J connectivity index is 1.27. The smallest absolute Gasteiger partial charge is 0.324 e. The van der Waals surface area contributed by atoms with Gasteiger partial charge in [-0.2, -0.15) is 0 Å². The Bertz CT molecular complexity index is 2070. The zero-order valence-electron chi connectivity index (χ0n) is 29.5. The van der Waals surface area contributed by atoms with Crippen LogP contribution in [0.3, 0.4) is 0 Å². The summed E-state index contributed by atoms with van der Waals surface area (Å²) < 4.78 is 1.81. The van der Waals surface area contributed by atoms with E-state index in [1.807, 2.05) is 108 Å². The minimum absolute atomic E-state index is 0.379. The van der Waals surface area contributed by atoms with Crippen LogP contribution >= 0.6 is 0 Å². The summed E-state index contributed by atoms with van der Waals surface area (Å²) in [4.78, 5) is 34.3. The van der Waals surface area contributed by atoms with E-state index in [1.54, 1.807) is 18.7 Å². The zero-order chi connectivity index (χ0) is 36.1. The highest BCUT2D eigenvalue weighted by atomic mass is 16.2. The molecule has 0 saturated carbocycles. The number of carbonyl (C=O) groups excluding carboxylic acids is 2. The molecule has 0 atom stereocenters. The first-order valence-electron chi connectivity index (χ1n) is 17.7. The molecule has 2 aromatic heterocycles. The fraction of sp³-hybridized carbons (Fsp3) is 0.195. The van der Waals surface area contributed by atoms with Crippen molar-refractivity contribution in [1.82, 2.24) is 14.5 Å². The van der Waals surface area contributed by atoms with Gasteiger partial charge in [0.25, 0.3) is 0 Å². The molecule has 6 aromatic rings. The van der Waals surface area contributed by atoms with Gasteiger partial charge in [-0.25, -0.2) is 14.6 Å². The van der Waals surface area contributed by atoms with Crippen LogP contribution in [0.2, 0.25) is 0 Å². The third-order valence-electron chi connectivity index (χ3n) is 8.48. The molecule has 11 nitrogen and oxygen atoms in total. The number of aromatic amines is 1. The Labute approximate surface area is 304 Å². The summed E-state index contributed by atoms with van der Waals surface area (Å²) in [7, 11) is 0. The number of hydrogen-bond donors (Lipinski definition) is 7. The summed E-state index contributed by atoms with van der Waals surface area (Å²) >= 11 is 0. The number of amides is 4. The molecule has 0 unspecified atom stereocenters. The normalized spacial score (nSPS) is 10.7. The largest absolute Gasteiger partial charge is 0.385 e. The average molecular weight is 696 g/mol. The molecule has 0 aliphatic rings. The molecule has 7 N–H and O–H groups in total. The van der Waals surface area contributed by atoms with E-state index in [-0.39, 0.29) is 6.03 Å². The molecule has 266 valence electrons. The predicted octanol–water partition coefficient (Wildman–Crippen LogP) is 10.2. The number of nitrogens with one attached hydrogen (secondary N) is 7. The Morgan fingerprint density at radius 2 is 1.29 bits per heavy atom. The lowest BCUT2D eigenvalue weighted by Gasteiger charge is -2.19. The van der Waals surface area contributed by atoms with Crippen LogP contribution in [0.15, 0.2) is 122 Å². The lowest BCUT2D eigenvalue weighted by molar-refractivity contribution is 0.261. The summed E-state index contributed by atoms with van der Waals surface area (Å²) in [6, 6.07) is 32.4. The quantitative estimate of drug-likeness (QED) is 0.0536. The Hall–Kier alpha value is -6.49. The van der Waals surface area contributed by atoms with Crippen LogP contribution in [-0.4, -0.2) is 39.7 Å². The molecule has 0 aliphatic carbocycles. The zero-order valence-corrected chi connectivity index (χ0v) is 29.5. The first-order valence-corrected chi connectivity index (χ1v) is 17.7. The number of imidazole rings is 1. The molecule has 52 heavy (non-hydrogen) atoms. The number of H-pyrrole nitrogens is 1. The van der Waals surface area contributed by atoms with Crippen LogP contribution < -0.4 is 31.9 Å². The molecule has 6 rings (SSSR count). The molecule has 11 heteroatoms. The highest BCUT2D eigenvalue weighted by Gasteiger charge is 2.17. The van der Waals surface area contributed by atoms with Crippen LogP contribution in [0.25, 0.3) is 28.1 Å². The summed E-state index contributed by atoms with van der Waals surface area (Å²) in [5.74, 6) is 0.531.